The highest BCUT2D eigenvalue weighted by Gasteiger charge is 2.08. The van der Waals surface area contributed by atoms with E-state index in [4.69, 9.17) is 14.9 Å². The third kappa shape index (κ3) is 2.20. The van der Waals surface area contributed by atoms with Crippen LogP contribution in [-0.4, -0.2) is 23.9 Å². The summed E-state index contributed by atoms with van der Waals surface area (Å²) in [5, 5.41) is 7.85. The van der Waals surface area contributed by atoms with E-state index in [1.807, 2.05) is 24.3 Å². The average molecular weight is 219 g/mol. The molecule has 0 atom stereocenters. The third-order valence-electron chi connectivity index (χ3n) is 2.14. The second kappa shape index (κ2) is 4.76. The van der Waals surface area contributed by atoms with Crippen molar-refractivity contribution < 1.29 is 9.15 Å². The quantitative estimate of drug-likeness (QED) is 0.837. The van der Waals surface area contributed by atoms with Crippen LogP contribution in [0.25, 0.3) is 11.5 Å². The van der Waals surface area contributed by atoms with Gasteiger partial charge in [0.05, 0.1) is 7.11 Å². The van der Waals surface area contributed by atoms with Crippen molar-refractivity contribution in [1.29, 1.82) is 0 Å². The molecule has 0 spiro atoms. The molecular formula is C11H13N3O2. The van der Waals surface area contributed by atoms with E-state index in [-0.39, 0.29) is 0 Å². The van der Waals surface area contributed by atoms with Gasteiger partial charge in [-0.05, 0) is 18.2 Å². The lowest BCUT2D eigenvalue weighted by molar-refractivity contribution is 0.414. The van der Waals surface area contributed by atoms with E-state index in [0.717, 1.165) is 11.3 Å². The fourth-order valence-electron chi connectivity index (χ4n) is 1.35. The monoisotopic (exact) mass is 219 g/mol. The van der Waals surface area contributed by atoms with Crippen LogP contribution in [0.1, 0.15) is 5.89 Å². The first-order valence-corrected chi connectivity index (χ1v) is 5.00. The Hall–Kier alpha value is -1.88. The summed E-state index contributed by atoms with van der Waals surface area (Å²) in [6, 6.07) is 7.48. The van der Waals surface area contributed by atoms with Gasteiger partial charge in [-0.2, -0.15) is 0 Å². The second-order valence-corrected chi connectivity index (χ2v) is 3.27. The molecule has 1 aromatic heterocycles. The first-order chi connectivity index (χ1) is 7.83. The number of methoxy groups -OCH3 is 1. The maximum absolute atomic E-state index is 5.45. The van der Waals surface area contributed by atoms with Crippen molar-refractivity contribution in [1.82, 2.24) is 10.2 Å². The summed E-state index contributed by atoms with van der Waals surface area (Å²) >= 11 is 0. The molecule has 0 bridgehead atoms. The average Bonchev–Trinajstić information content (AvgIpc) is 2.78. The Morgan fingerprint density at radius 3 is 3.00 bits per heavy atom. The Kier molecular flexibility index (Phi) is 3.16. The number of nitrogens with zero attached hydrogens (tertiary/aromatic N) is 2. The maximum Gasteiger partial charge on any atom is 0.247 e. The van der Waals surface area contributed by atoms with Crippen LogP contribution in [0.2, 0.25) is 0 Å². The molecule has 0 radical (unpaired) electrons. The molecule has 0 aliphatic rings. The smallest absolute Gasteiger partial charge is 0.247 e. The van der Waals surface area contributed by atoms with Crippen molar-refractivity contribution in [3.63, 3.8) is 0 Å². The summed E-state index contributed by atoms with van der Waals surface area (Å²) in [5.41, 5.74) is 6.25. The highest BCUT2D eigenvalue weighted by Crippen LogP contribution is 2.22. The summed E-state index contributed by atoms with van der Waals surface area (Å²) < 4.78 is 10.6. The fraction of sp³-hybridized carbons (Fsp3) is 0.273. The summed E-state index contributed by atoms with van der Waals surface area (Å²) in [6.07, 6.45) is 0.594. The van der Waals surface area contributed by atoms with Crippen LogP contribution in [0.15, 0.2) is 28.7 Å². The molecule has 0 saturated heterocycles. The molecule has 0 amide bonds. The number of hydrogen-bond donors (Lipinski definition) is 1. The lowest BCUT2D eigenvalue weighted by Gasteiger charge is -1.99. The van der Waals surface area contributed by atoms with Crippen molar-refractivity contribution in [2.45, 2.75) is 6.42 Å². The number of ether oxygens (including phenoxy) is 1. The lowest BCUT2D eigenvalue weighted by Crippen LogP contribution is -2.02. The minimum absolute atomic E-state index is 0.488. The van der Waals surface area contributed by atoms with E-state index in [9.17, 15) is 0 Å². The van der Waals surface area contributed by atoms with Crippen molar-refractivity contribution in [3.05, 3.63) is 30.2 Å². The highest BCUT2D eigenvalue weighted by molar-refractivity contribution is 5.55. The Balaban J connectivity index is 2.27. The van der Waals surface area contributed by atoms with Crippen molar-refractivity contribution in [3.8, 4) is 17.2 Å². The Bertz CT molecular complexity index is 468. The SMILES string of the molecule is COc1cccc(-c2nnc(CCN)o2)c1. The third-order valence-corrected chi connectivity index (χ3v) is 2.14. The molecule has 0 fully saturated rings. The molecule has 1 aromatic carbocycles. The van der Waals surface area contributed by atoms with Crippen molar-refractivity contribution >= 4 is 0 Å². The van der Waals surface area contributed by atoms with Gasteiger partial charge in [-0.1, -0.05) is 6.07 Å². The number of benzene rings is 1. The summed E-state index contributed by atoms with van der Waals surface area (Å²) in [7, 11) is 1.62. The fourth-order valence-corrected chi connectivity index (χ4v) is 1.35. The Morgan fingerprint density at radius 2 is 2.25 bits per heavy atom. The zero-order valence-corrected chi connectivity index (χ0v) is 9.01. The van der Waals surface area contributed by atoms with Gasteiger partial charge in [0.1, 0.15) is 5.75 Å². The van der Waals surface area contributed by atoms with E-state index < -0.39 is 0 Å². The van der Waals surface area contributed by atoms with E-state index in [1.165, 1.54) is 0 Å². The van der Waals surface area contributed by atoms with Gasteiger partial charge >= 0.3 is 0 Å². The minimum atomic E-state index is 0.488. The summed E-state index contributed by atoms with van der Waals surface area (Å²) in [6.45, 7) is 0.500. The van der Waals surface area contributed by atoms with Gasteiger partial charge in [0.25, 0.3) is 0 Å². The molecule has 5 heteroatoms. The van der Waals surface area contributed by atoms with Crippen LogP contribution in [-0.2, 0) is 6.42 Å². The van der Waals surface area contributed by atoms with Gasteiger partial charge in [-0.25, -0.2) is 0 Å². The molecule has 2 rings (SSSR count). The van der Waals surface area contributed by atoms with Gasteiger partial charge in [0, 0.05) is 18.5 Å². The predicted octanol–water partition coefficient (Wildman–Crippen LogP) is 1.25. The van der Waals surface area contributed by atoms with Crippen LogP contribution < -0.4 is 10.5 Å². The molecule has 2 N–H and O–H groups in total. The Morgan fingerprint density at radius 1 is 1.38 bits per heavy atom. The topological polar surface area (TPSA) is 74.2 Å². The second-order valence-electron chi connectivity index (χ2n) is 3.27. The molecular weight excluding hydrogens is 206 g/mol. The first kappa shape index (κ1) is 10.6. The zero-order chi connectivity index (χ0) is 11.4. The molecule has 0 aliphatic heterocycles. The molecule has 16 heavy (non-hydrogen) atoms. The van der Waals surface area contributed by atoms with Gasteiger partial charge in [-0.15, -0.1) is 10.2 Å². The normalized spacial score (nSPS) is 10.4. The first-order valence-electron chi connectivity index (χ1n) is 5.00. The van der Waals surface area contributed by atoms with E-state index in [0.29, 0.717) is 24.7 Å². The van der Waals surface area contributed by atoms with E-state index in [1.54, 1.807) is 7.11 Å². The molecule has 0 aliphatic carbocycles. The zero-order valence-electron chi connectivity index (χ0n) is 9.01. The van der Waals surface area contributed by atoms with Gasteiger partial charge < -0.3 is 14.9 Å². The largest absolute Gasteiger partial charge is 0.497 e. The van der Waals surface area contributed by atoms with Crippen molar-refractivity contribution in [2.24, 2.45) is 5.73 Å². The molecule has 5 nitrogen and oxygen atoms in total. The minimum Gasteiger partial charge on any atom is -0.497 e. The maximum atomic E-state index is 5.45. The number of nitrogens with two attached hydrogens (primary N) is 1. The number of rotatable bonds is 4. The van der Waals surface area contributed by atoms with E-state index in [2.05, 4.69) is 10.2 Å². The van der Waals surface area contributed by atoms with Crippen LogP contribution in [0.3, 0.4) is 0 Å². The van der Waals surface area contributed by atoms with Gasteiger partial charge in [-0.3, -0.25) is 0 Å². The molecule has 84 valence electrons. The summed E-state index contributed by atoms with van der Waals surface area (Å²) in [4.78, 5) is 0. The van der Waals surface area contributed by atoms with Crippen molar-refractivity contribution in [2.75, 3.05) is 13.7 Å². The summed E-state index contributed by atoms with van der Waals surface area (Å²) in [5.74, 6) is 1.80. The van der Waals surface area contributed by atoms with E-state index >= 15 is 0 Å². The number of hydrogen-bond acceptors (Lipinski definition) is 5. The van der Waals surface area contributed by atoms with Crippen LogP contribution in [0.5, 0.6) is 5.75 Å². The number of aromatic nitrogens is 2. The standard InChI is InChI=1S/C11H13N3O2/c1-15-9-4-2-3-8(7-9)11-14-13-10(16-11)5-6-12/h2-4,7H,5-6,12H2,1H3. The van der Waals surface area contributed by atoms with Crippen LogP contribution >= 0.6 is 0 Å². The molecule has 1 heterocycles. The van der Waals surface area contributed by atoms with Crippen LogP contribution in [0, 0.1) is 0 Å². The van der Waals surface area contributed by atoms with Gasteiger partial charge in [0.2, 0.25) is 11.8 Å². The molecule has 2 aromatic rings. The Labute approximate surface area is 93.2 Å². The lowest BCUT2D eigenvalue weighted by atomic mass is 10.2. The highest BCUT2D eigenvalue weighted by atomic mass is 16.5. The van der Waals surface area contributed by atoms with Crippen LogP contribution in [0.4, 0.5) is 0 Å². The predicted molar refractivity (Wildman–Crippen MR) is 59.0 cm³/mol. The molecule has 0 saturated carbocycles. The van der Waals surface area contributed by atoms with Gasteiger partial charge in [0.15, 0.2) is 0 Å². The molecule has 0 unspecified atom stereocenters.